The van der Waals surface area contributed by atoms with Crippen LogP contribution in [0.5, 0.6) is 0 Å². The number of thiocarbonyl (C=S) groups is 1. The Kier molecular flexibility index (Phi) is 4.43. The fourth-order valence-corrected chi connectivity index (χ4v) is 5.30. The van der Waals surface area contributed by atoms with Crippen molar-refractivity contribution in [1.82, 2.24) is 9.62 Å². The molecule has 6 nitrogen and oxygen atoms in total. The molecule has 1 unspecified atom stereocenters. The Labute approximate surface area is 127 Å². The molecule has 3 N–H and O–H groups in total. The third-order valence-corrected chi connectivity index (χ3v) is 6.98. The van der Waals surface area contributed by atoms with E-state index in [9.17, 15) is 13.2 Å². The zero-order chi connectivity index (χ0) is 14.9. The number of nitrogens with zero attached hydrogens (tertiary/aromatic N) is 1. The van der Waals surface area contributed by atoms with Crippen LogP contribution in [0.1, 0.15) is 17.7 Å². The first-order valence-corrected chi connectivity index (χ1v) is 8.67. The summed E-state index contributed by atoms with van der Waals surface area (Å²) in [4.78, 5) is 12.5. The van der Waals surface area contributed by atoms with Crippen LogP contribution in [0, 0.1) is 0 Å². The van der Waals surface area contributed by atoms with Crippen molar-refractivity contribution in [1.29, 1.82) is 0 Å². The summed E-state index contributed by atoms with van der Waals surface area (Å²) in [5, 5.41) is 2.50. The van der Waals surface area contributed by atoms with E-state index < -0.39 is 16.1 Å². The molecule has 0 spiro atoms. The molecule has 0 radical (unpaired) electrons. The van der Waals surface area contributed by atoms with E-state index in [1.54, 1.807) is 6.07 Å². The summed E-state index contributed by atoms with van der Waals surface area (Å²) in [6.45, 7) is 0.348. The normalized spacial score (nSPS) is 19.9. The van der Waals surface area contributed by atoms with Crippen LogP contribution in [0.2, 0.25) is 0 Å². The van der Waals surface area contributed by atoms with E-state index in [0.717, 1.165) is 11.3 Å². The van der Waals surface area contributed by atoms with Crippen LogP contribution in [0.25, 0.3) is 0 Å². The van der Waals surface area contributed by atoms with Gasteiger partial charge in [0.2, 0.25) is 5.91 Å². The fourth-order valence-electron chi connectivity index (χ4n) is 2.16. The minimum absolute atomic E-state index is 0.163. The molecule has 0 aliphatic carbocycles. The summed E-state index contributed by atoms with van der Waals surface area (Å²) in [5.74, 6) is -0.280. The minimum Gasteiger partial charge on any atom is -0.389 e. The second-order valence-electron chi connectivity index (χ2n) is 4.37. The predicted molar refractivity (Wildman–Crippen MR) is 81.2 cm³/mol. The van der Waals surface area contributed by atoms with Gasteiger partial charge in [-0.2, -0.15) is 4.31 Å². The van der Waals surface area contributed by atoms with Gasteiger partial charge in [0, 0.05) is 13.6 Å². The largest absolute Gasteiger partial charge is 0.389 e. The van der Waals surface area contributed by atoms with Gasteiger partial charge in [-0.25, -0.2) is 8.42 Å². The van der Waals surface area contributed by atoms with E-state index in [1.807, 2.05) is 0 Å². The molecule has 1 atom stereocenters. The van der Waals surface area contributed by atoms with Crippen molar-refractivity contribution in [3.05, 3.63) is 17.0 Å². The highest BCUT2D eigenvalue weighted by molar-refractivity contribution is 7.91. The number of carbonyl (C=O) groups excluding carboxylic acids is 1. The van der Waals surface area contributed by atoms with E-state index in [0.29, 0.717) is 24.3 Å². The molecule has 1 aliphatic rings. The molecule has 0 aromatic carbocycles. The van der Waals surface area contributed by atoms with Gasteiger partial charge < -0.3 is 11.1 Å². The molecule has 2 heterocycles. The van der Waals surface area contributed by atoms with Gasteiger partial charge in [-0.05, 0) is 25.0 Å². The molecular weight excluding hydrogens is 318 g/mol. The maximum Gasteiger partial charge on any atom is 0.253 e. The van der Waals surface area contributed by atoms with Gasteiger partial charge in [-0.3, -0.25) is 4.79 Å². The number of rotatable bonds is 4. The molecule has 1 fully saturated rings. The van der Waals surface area contributed by atoms with E-state index in [2.05, 4.69) is 5.32 Å². The van der Waals surface area contributed by atoms with Crippen molar-refractivity contribution in [2.45, 2.75) is 23.1 Å². The van der Waals surface area contributed by atoms with Crippen LogP contribution >= 0.6 is 23.6 Å². The highest BCUT2D eigenvalue weighted by atomic mass is 32.2. The van der Waals surface area contributed by atoms with E-state index in [-0.39, 0.29) is 15.1 Å². The Bertz CT molecular complexity index is 638. The summed E-state index contributed by atoms with van der Waals surface area (Å²) in [6.07, 6.45) is 1.21. The minimum atomic E-state index is -3.68. The lowest BCUT2D eigenvalue weighted by Gasteiger charge is -2.21. The topological polar surface area (TPSA) is 92.5 Å². The Hall–Kier alpha value is -1.03. The van der Waals surface area contributed by atoms with Crippen molar-refractivity contribution in [2.75, 3.05) is 13.6 Å². The maximum absolute atomic E-state index is 12.6. The number of carbonyl (C=O) groups is 1. The second kappa shape index (κ2) is 5.76. The summed E-state index contributed by atoms with van der Waals surface area (Å²) in [7, 11) is -2.18. The number of likely N-dealkylation sites (N-methyl/N-ethyl adjacent to an activating group) is 1. The number of thiophene rings is 1. The number of nitrogens with one attached hydrogen (secondary N) is 1. The summed E-state index contributed by atoms with van der Waals surface area (Å²) >= 11 is 5.86. The van der Waals surface area contributed by atoms with Gasteiger partial charge >= 0.3 is 0 Å². The van der Waals surface area contributed by atoms with Crippen LogP contribution in [-0.4, -0.2) is 43.3 Å². The zero-order valence-corrected chi connectivity index (χ0v) is 13.3. The molecule has 1 amide bonds. The first-order valence-electron chi connectivity index (χ1n) is 6.01. The first kappa shape index (κ1) is 15.4. The SMILES string of the molecule is CNC(=O)C1CCCN1S(=O)(=O)c1ccc(C(N)=S)s1. The third-order valence-electron chi connectivity index (χ3n) is 3.14. The first-order chi connectivity index (χ1) is 9.37. The Morgan fingerprint density at radius 2 is 2.25 bits per heavy atom. The molecule has 1 aromatic heterocycles. The van der Waals surface area contributed by atoms with Crippen LogP contribution < -0.4 is 11.1 Å². The Morgan fingerprint density at radius 1 is 1.55 bits per heavy atom. The number of hydrogen-bond acceptors (Lipinski definition) is 5. The molecule has 110 valence electrons. The van der Waals surface area contributed by atoms with E-state index in [4.69, 9.17) is 18.0 Å². The summed E-state index contributed by atoms with van der Waals surface area (Å²) < 4.78 is 26.6. The van der Waals surface area contributed by atoms with Crippen molar-refractivity contribution in [3.63, 3.8) is 0 Å². The highest BCUT2D eigenvalue weighted by Crippen LogP contribution is 2.30. The molecule has 1 saturated heterocycles. The van der Waals surface area contributed by atoms with Gasteiger partial charge in [0.05, 0.1) is 4.88 Å². The molecule has 1 aromatic rings. The summed E-state index contributed by atoms with van der Waals surface area (Å²) in [6, 6.07) is 2.43. The second-order valence-corrected chi connectivity index (χ2v) is 8.01. The lowest BCUT2D eigenvalue weighted by molar-refractivity contribution is -0.123. The molecular formula is C11H15N3O3S3. The number of hydrogen-bond donors (Lipinski definition) is 2. The number of nitrogens with two attached hydrogens (primary N) is 1. The van der Waals surface area contributed by atoms with Crippen LogP contribution in [0.15, 0.2) is 16.3 Å². The van der Waals surface area contributed by atoms with Gasteiger partial charge in [-0.1, -0.05) is 12.2 Å². The average Bonchev–Trinajstić information content (AvgIpc) is 3.06. The van der Waals surface area contributed by atoms with Crippen molar-refractivity contribution < 1.29 is 13.2 Å². The quantitative estimate of drug-likeness (QED) is 0.772. The molecule has 2 rings (SSSR count). The van der Waals surface area contributed by atoms with Crippen LogP contribution in [0.4, 0.5) is 0 Å². The Balaban J connectivity index is 2.33. The van der Waals surface area contributed by atoms with Crippen molar-refractivity contribution in [2.24, 2.45) is 5.73 Å². The molecule has 20 heavy (non-hydrogen) atoms. The van der Waals surface area contributed by atoms with E-state index >= 15 is 0 Å². The van der Waals surface area contributed by atoms with Crippen molar-refractivity contribution in [3.8, 4) is 0 Å². The van der Waals surface area contributed by atoms with Crippen LogP contribution in [-0.2, 0) is 14.8 Å². The summed E-state index contributed by atoms with van der Waals surface area (Å²) in [5.41, 5.74) is 5.49. The van der Waals surface area contributed by atoms with Gasteiger partial charge in [0.1, 0.15) is 15.2 Å². The Morgan fingerprint density at radius 3 is 2.80 bits per heavy atom. The van der Waals surface area contributed by atoms with Crippen molar-refractivity contribution >= 4 is 44.5 Å². The lowest BCUT2D eigenvalue weighted by Crippen LogP contribution is -2.44. The lowest BCUT2D eigenvalue weighted by atomic mass is 10.2. The zero-order valence-electron chi connectivity index (χ0n) is 10.8. The third kappa shape index (κ3) is 2.71. The average molecular weight is 333 g/mol. The monoisotopic (exact) mass is 333 g/mol. The standard InChI is InChI=1S/C11H15N3O3S3/c1-13-11(15)7-3-2-6-14(7)20(16,17)9-5-4-8(19-9)10(12)18/h4-5,7H,2-3,6H2,1H3,(H2,12,18)(H,13,15). The predicted octanol–water partition coefficient (Wildman–Crippen LogP) is 0.281. The van der Waals surface area contributed by atoms with Gasteiger partial charge in [-0.15, -0.1) is 11.3 Å². The van der Waals surface area contributed by atoms with Crippen LogP contribution in [0.3, 0.4) is 0 Å². The molecule has 1 aliphatic heterocycles. The fraction of sp³-hybridized carbons (Fsp3) is 0.455. The number of sulfonamides is 1. The number of amides is 1. The van der Waals surface area contributed by atoms with E-state index in [1.165, 1.54) is 17.4 Å². The molecule has 9 heteroatoms. The molecule has 0 bridgehead atoms. The highest BCUT2D eigenvalue weighted by Gasteiger charge is 2.39. The maximum atomic E-state index is 12.6. The molecule has 0 saturated carbocycles. The van der Waals surface area contributed by atoms with Gasteiger partial charge in [0.15, 0.2) is 0 Å². The smallest absolute Gasteiger partial charge is 0.253 e. The van der Waals surface area contributed by atoms with Gasteiger partial charge in [0.25, 0.3) is 10.0 Å².